The summed E-state index contributed by atoms with van der Waals surface area (Å²) in [6.07, 6.45) is -3.22. The average Bonchev–Trinajstić information content (AvgIpc) is 2.27. The molecule has 0 saturated heterocycles. The lowest BCUT2D eigenvalue weighted by Crippen LogP contribution is -2.10. The lowest BCUT2D eigenvalue weighted by Gasteiger charge is -2.06. The van der Waals surface area contributed by atoms with Crippen LogP contribution in [0.2, 0.25) is 5.02 Å². The van der Waals surface area contributed by atoms with Gasteiger partial charge in [-0.1, -0.05) is 11.6 Å². The first-order valence-electron chi connectivity index (χ1n) is 4.68. The Morgan fingerprint density at radius 3 is 2.72 bits per heavy atom. The van der Waals surface area contributed by atoms with Crippen LogP contribution in [-0.4, -0.2) is 22.5 Å². The molecule has 0 bridgehead atoms. The molecule has 1 aromatic heterocycles. The summed E-state index contributed by atoms with van der Waals surface area (Å²) in [7, 11) is 0. The maximum absolute atomic E-state index is 12.6. The zero-order chi connectivity index (χ0) is 13.9. The predicted molar refractivity (Wildman–Crippen MR) is 56.8 cm³/mol. The van der Waals surface area contributed by atoms with E-state index in [4.69, 9.17) is 11.6 Å². The summed E-state index contributed by atoms with van der Waals surface area (Å²) in [6, 6.07) is 0.823. The first-order valence-corrected chi connectivity index (χ1v) is 5.06. The number of halogens is 3. The smallest absolute Gasteiger partial charge is 0.356 e. The Balaban J connectivity index is 3.36. The van der Waals surface area contributed by atoms with Crippen LogP contribution in [0.5, 0.6) is 0 Å². The number of nitro groups is 1. The Kier molecular flexibility index (Phi) is 4.49. The van der Waals surface area contributed by atoms with Gasteiger partial charge in [-0.2, -0.15) is 0 Å². The number of pyridine rings is 1. The normalized spacial score (nSPS) is 10.5. The van der Waals surface area contributed by atoms with Crippen molar-refractivity contribution in [2.75, 3.05) is 6.61 Å². The number of nitrogens with zero attached hydrogens (tertiary/aromatic N) is 2. The molecule has 6 nitrogen and oxygen atoms in total. The van der Waals surface area contributed by atoms with Crippen LogP contribution >= 0.6 is 11.6 Å². The summed E-state index contributed by atoms with van der Waals surface area (Å²) in [5.41, 5.74) is -2.67. The highest BCUT2D eigenvalue weighted by Gasteiger charge is 2.29. The van der Waals surface area contributed by atoms with Crippen molar-refractivity contribution < 1.29 is 23.2 Å². The van der Waals surface area contributed by atoms with Crippen molar-refractivity contribution in [3.63, 3.8) is 0 Å². The van der Waals surface area contributed by atoms with E-state index in [0.717, 1.165) is 6.07 Å². The van der Waals surface area contributed by atoms with E-state index < -0.39 is 39.4 Å². The second-order valence-corrected chi connectivity index (χ2v) is 3.41. The van der Waals surface area contributed by atoms with E-state index in [-0.39, 0.29) is 6.61 Å². The lowest BCUT2D eigenvalue weighted by atomic mass is 10.2. The highest BCUT2D eigenvalue weighted by Crippen LogP contribution is 2.34. The SMILES string of the molecule is CCOC(=O)c1cc(Cl)c([N+](=O)[O-])c(C(F)F)n1. The first kappa shape index (κ1) is 14.2. The summed E-state index contributed by atoms with van der Waals surface area (Å²) in [5.74, 6) is -0.976. The van der Waals surface area contributed by atoms with Crippen LogP contribution in [0.15, 0.2) is 6.07 Å². The van der Waals surface area contributed by atoms with Crippen molar-refractivity contribution in [2.45, 2.75) is 13.3 Å². The standard InChI is InChI=1S/C9H7ClF2N2O4/c1-2-18-9(15)5-3-4(10)7(14(16)17)6(13-5)8(11)12/h3,8H,2H2,1H3. The molecule has 0 N–H and O–H groups in total. The van der Waals surface area contributed by atoms with E-state index in [2.05, 4.69) is 9.72 Å². The maximum atomic E-state index is 12.6. The molecule has 0 aliphatic rings. The molecule has 1 rings (SSSR count). The number of ether oxygens (including phenoxy) is 1. The molecule has 0 unspecified atom stereocenters. The third-order valence-electron chi connectivity index (χ3n) is 1.85. The monoisotopic (exact) mass is 280 g/mol. The van der Waals surface area contributed by atoms with Gasteiger partial charge in [0.25, 0.3) is 6.43 Å². The number of carbonyl (C=O) groups is 1. The van der Waals surface area contributed by atoms with E-state index in [0.29, 0.717) is 0 Å². The van der Waals surface area contributed by atoms with Gasteiger partial charge in [0.15, 0.2) is 11.4 Å². The van der Waals surface area contributed by atoms with Crippen LogP contribution in [0.3, 0.4) is 0 Å². The number of hydrogen-bond donors (Lipinski definition) is 0. The minimum atomic E-state index is -3.22. The first-order chi connectivity index (χ1) is 8.38. The fourth-order valence-corrected chi connectivity index (χ4v) is 1.44. The van der Waals surface area contributed by atoms with E-state index in [1.54, 1.807) is 0 Å². The number of hydrogen-bond acceptors (Lipinski definition) is 5. The van der Waals surface area contributed by atoms with Gasteiger partial charge in [-0.05, 0) is 13.0 Å². The Hall–Kier alpha value is -1.83. The number of alkyl halides is 2. The quantitative estimate of drug-likeness (QED) is 0.481. The second kappa shape index (κ2) is 5.67. The van der Waals surface area contributed by atoms with Gasteiger partial charge in [0.2, 0.25) is 0 Å². The Morgan fingerprint density at radius 1 is 1.67 bits per heavy atom. The molecule has 1 heterocycles. The van der Waals surface area contributed by atoms with Crippen molar-refractivity contribution in [3.05, 3.63) is 32.6 Å². The van der Waals surface area contributed by atoms with Gasteiger partial charge in [-0.25, -0.2) is 18.6 Å². The summed E-state index contributed by atoms with van der Waals surface area (Å²) in [4.78, 5) is 24.0. The number of rotatable bonds is 4. The third-order valence-corrected chi connectivity index (χ3v) is 2.14. The lowest BCUT2D eigenvalue weighted by molar-refractivity contribution is -0.386. The molecule has 18 heavy (non-hydrogen) atoms. The molecule has 0 aliphatic heterocycles. The highest BCUT2D eigenvalue weighted by molar-refractivity contribution is 6.33. The van der Waals surface area contributed by atoms with Crippen LogP contribution in [0.25, 0.3) is 0 Å². The molecular formula is C9H7ClF2N2O4. The van der Waals surface area contributed by atoms with Crippen LogP contribution < -0.4 is 0 Å². The van der Waals surface area contributed by atoms with E-state index in [9.17, 15) is 23.7 Å². The molecule has 0 spiro atoms. The van der Waals surface area contributed by atoms with Crippen molar-refractivity contribution in [1.82, 2.24) is 4.98 Å². The van der Waals surface area contributed by atoms with Crippen LogP contribution in [0, 0.1) is 10.1 Å². The summed E-state index contributed by atoms with van der Waals surface area (Å²) in [6.45, 7) is 1.53. The van der Waals surface area contributed by atoms with Crippen molar-refractivity contribution in [2.24, 2.45) is 0 Å². The minimum absolute atomic E-state index is 0.0130. The van der Waals surface area contributed by atoms with Gasteiger partial charge >= 0.3 is 11.7 Å². The van der Waals surface area contributed by atoms with Gasteiger partial charge in [0.05, 0.1) is 11.5 Å². The minimum Gasteiger partial charge on any atom is -0.461 e. The van der Waals surface area contributed by atoms with Crippen molar-refractivity contribution in [3.8, 4) is 0 Å². The van der Waals surface area contributed by atoms with Gasteiger partial charge < -0.3 is 4.74 Å². The summed E-state index contributed by atoms with van der Waals surface area (Å²) >= 11 is 5.50. The zero-order valence-corrected chi connectivity index (χ0v) is 9.78. The second-order valence-electron chi connectivity index (χ2n) is 3.00. The van der Waals surface area contributed by atoms with Crippen LogP contribution in [-0.2, 0) is 4.74 Å². The molecule has 9 heteroatoms. The number of esters is 1. The van der Waals surface area contributed by atoms with E-state index in [1.807, 2.05) is 0 Å². The fraction of sp³-hybridized carbons (Fsp3) is 0.333. The molecule has 1 aromatic rings. The Labute approximate surface area is 105 Å². The molecule has 0 fully saturated rings. The Bertz CT molecular complexity index is 496. The van der Waals surface area contributed by atoms with E-state index >= 15 is 0 Å². The van der Waals surface area contributed by atoms with E-state index in [1.165, 1.54) is 6.92 Å². The third kappa shape index (κ3) is 2.89. The van der Waals surface area contributed by atoms with Crippen LogP contribution in [0.4, 0.5) is 14.5 Å². The summed E-state index contributed by atoms with van der Waals surface area (Å²) < 4.78 is 29.8. The summed E-state index contributed by atoms with van der Waals surface area (Å²) in [5, 5.41) is 10.00. The molecule has 0 aliphatic carbocycles. The van der Waals surface area contributed by atoms with Crippen LogP contribution in [0.1, 0.15) is 29.5 Å². The van der Waals surface area contributed by atoms with Gasteiger partial charge in [-0.3, -0.25) is 10.1 Å². The Morgan fingerprint density at radius 2 is 2.28 bits per heavy atom. The van der Waals surface area contributed by atoms with Crippen molar-refractivity contribution >= 4 is 23.3 Å². The molecule has 98 valence electrons. The van der Waals surface area contributed by atoms with Crippen molar-refractivity contribution in [1.29, 1.82) is 0 Å². The largest absolute Gasteiger partial charge is 0.461 e. The molecule has 0 atom stereocenters. The van der Waals surface area contributed by atoms with Gasteiger partial charge in [0, 0.05) is 0 Å². The molecular weight excluding hydrogens is 274 g/mol. The topological polar surface area (TPSA) is 82.3 Å². The molecule has 0 amide bonds. The number of aromatic nitrogens is 1. The van der Waals surface area contributed by atoms with Gasteiger partial charge in [0.1, 0.15) is 5.02 Å². The highest BCUT2D eigenvalue weighted by atomic mass is 35.5. The molecule has 0 radical (unpaired) electrons. The zero-order valence-electron chi connectivity index (χ0n) is 9.02. The maximum Gasteiger partial charge on any atom is 0.356 e. The molecule has 0 aromatic carbocycles. The number of carbonyl (C=O) groups excluding carboxylic acids is 1. The molecule has 0 saturated carbocycles. The van der Waals surface area contributed by atoms with Gasteiger partial charge in [-0.15, -0.1) is 0 Å². The fourth-order valence-electron chi connectivity index (χ4n) is 1.17. The predicted octanol–water partition coefficient (Wildman–Crippen LogP) is 2.76. The average molecular weight is 281 g/mol.